The second-order valence-corrected chi connectivity index (χ2v) is 4.22. The minimum absolute atomic E-state index is 0.156. The molecular weight excluding hydrogens is 275 g/mol. The summed E-state index contributed by atoms with van der Waals surface area (Å²) in [6.07, 6.45) is 1.54. The van der Waals surface area contributed by atoms with Gasteiger partial charge in [-0.2, -0.15) is 9.97 Å². The number of aromatic nitrogens is 4. The van der Waals surface area contributed by atoms with Gasteiger partial charge in [0.1, 0.15) is 5.52 Å². The van der Waals surface area contributed by atoms with E-state index in [1.807, 2.05) is 0 Å². The summed E-state index contributed by atoms with van der Waals surface area (Å²) in [5.41, 5.74) is 1.84. The van der Waals surface area contributed by atoms with Gasteiger partial charge in [-0.05, 0) is 12.1 Å². The molecule has 3 N–H and O–H groups in total. The van der Waals surface area contributed by atoms with Crippen LogP contribution >= 0.6 is 0 Å². The van der Waals surface area contributed by atoms with Crippen molar-refractivity contribution in [3.63, 3.8) is 0 Å². The molecule has 0 amide bonds. The molecule has 21 heavy (non-hydrogen) atoms. The van der Waals surface area contributed by atoms with Gasteiger partial charge in [-0.1, -0.05) is 0 Å². The summed E-state index contributed by atoms with van der Waals surface area (Å²) >= 11 is 0. The Kier molecular flexibility index (Phi) is 3.27. The lowest BCUT2D eigenvalue weighted by Gasteiger charge is -2.09. The highest BCUT2D eigenvalue weighted by atomic mass is 19.1. The number of nitrogens with one attached hydrogen (secondary N) is 3. The molecule has 0 aliphatic carbocycles. The number of hydrogen-bond acceptors (Lipinski definition) is 6. The average molecular weight is 288 g/mol. The van der Waals surface area contributed by atoms with Crippen LogP contribution in [0.2, 0.25) is 0 Å². The number of H-pyrrole nitrogens is 1. The first-order valence-electron chi connectivity index (χ1n) is 6.20. The highest BCUT2D eigenvalue weighted by Crippen LogP contribution is 2.26. The van der Waals surface area contributed by atoms with Crippen LogP contribution in [0.25, 0.3) is 11.2 Å². The molecule has 1 aromatic carbocycles. The van der Waals surface area contributed by atoms with E-state index in [2.05, 4.69) is 30.6 Å². The maximum absolute atomic E-state index is 13.4. The summed E-state index contributed by atoms with van der Waals surface area (Å²) in [5.74, 6) is 0.707. The van der Waals surface area contributed by atoms with Crippen molar-refractivity contribution in [1.82, 2.24) is 19.9 Å². The van der Waals surface area contributed by atoms with Crippen molar-refractivity contribution in [2.24, 2.45) is 0 Å². The number of rotatable bonds is 4. The third-order valence-electron chi connectivity index (χ3n) is 2.92. The number of aromatic amines is 1. The number of methoxy groups -OCH3 is 1. The van der Waals surface area contributed by atoms with Gasteiger partial charge in [-0.15, -0.1) is 0 Å². The zero-order valence-electron chi connectivity index (χ0n) is 11.4. The van der Waals surface area contributed by atoms with Crippen LogP contribution in [0.5, 0.6) is 5.75 Å². The molecule has 0 aliphatic heterocycles. The van der Waals surface area contributed by atoms with E-state index in [0.29, 0.717) is 28.6 Å². The van der Waals surface area contributed by atoms with E-state index >= 15 is 0 Å². The standard InChI is InChI=1S/C13H13FN6O/c1-15-13-19-11-10(16-6-17-11)12(20-13)18-7-3-4-8(14)9(5-7)21-2/h3-6H,1-2H3,(H3,15,16,17,18,19,20). The molecule has 2 aromatic heterocycles. The molecule has 0 radical (unpaired) electrons. The fraction of sp³-hybridized carbons (Fsp3) is 0.154. The Morgan fingerprint density at radius 3 is 2.90 bits per heavy atom. The van der Waals surface area contributed by atoms with Gasteiger partial charge in [-0.3, -0.25) is 0 Å². The van der Waals surface area contributed by atoms with Crippen LogP contribution in [-0.4, -0.2) is 34.1 Å². The predicted octanol–water partition coefficient (Wildman–Crippen LogP) is 2.29. The van der Waals surface area contributed by atoms with Gasteiger partial charge >= 0.3 is 0 Å². The van der Waals surface area contributed by atoms with Crippen LogP contribution in [0.15, 0.2) is 24.5 Å². The quantitative estimate of drug-likeness (QED) is 0.682. The van der Waals surface area contributed by atoms with Gasteiger partial charge in [-0.25, -0.2) is 9.37 Å². The molecule has 0 saturated heterocycles. The van der Waals surface area contributed by atoms with Crippen LogP contribution in [0.1, 0.15) is 0 Å². The Balaban J connectivity index is 2.03. The number of hydrogen-bond donors (Lipinski definition) is 3. The Morgan fingerprint density at radius 2 is 2.14 bits per heavy atom. The highest BCUT2D eigenvalue weighted by Gasteiger charge is 2.11. The minimum atomic E-state index is -0.423. The molecule has 0 aliphatic rings. The van der Waals surface area contributed by atoms with E-state index < -0.39 is 5.82 Å². The molecule has 0 unspecified atom stereocenters. The van der Waals surface area contributed by atoms with Crippen LogP contribution in [0, 0.1) is 5.82 Å². The Hall–Kier alpha value is -2.90. The number of benzene rings is 1. The first kappa shape index (κ1) is 13.1. The smallest absolute Gasteiger partial charge is 0.226 e. The van der Waals surface area contributed by atoms with E-state index in [9.17, 15) is 4.39 Å². The zero-order valence-corrected chi connectivity index (χ0v) is 11.4. The lowest BCUT2D eigenvalue weighted by molar-refractivity contribution is 0.387. The summed E-state index contributed by atoms with van der Waals surface area (Å²) < 4.78 is 18.4. The average Bonchev–Trinajstić information content (AvgIpc) is 2.97. The molecule has 0 atom stereocenters. The fourth-order valence-corrected chi connectivity index (χ4v) is 1.91. The number of nitrogens with zero attached hydrogens (tertiary/aromatic N) is 3. The molecule has 0 spiro atoms. The second-order valence-electron chi connectivity index (χ2n) is 4.22. The maximum atomic E-state index is 13.4. The van der Waals surface area contributed by atoms with Gasteiger partial charge in [0, 0.05) is 18.8 Å². The molecular formula is C13H13FN6O. The molecule has 0 saturated carbocycles. The van der Waals surface area contributed by atoms with Crippen molar-refractivity contribution < 1.29 is 9.13 Å². The summed E-state index contributed by atoms with van der Waals surface area (Å²) in [5, 5.41) is 5.97. The molecule has 7 nitrogen and oxygen atoms in total. The summed E-state index contributed by atoms with van der Waals surface area (Å²) in [6, 6.07) is 4.48. The Labute approximate surface area is 119 Å². The van der Waals surface area contributed by atoms with Crippen LogP contribution in [-0.2, 0) is 0 Å². The molecule has 2 heterocycles. The van der Waals surface area contributed by atoms with E-state index in [1.54, 1.807) is 19.2 Å². The number of fused-ring (bicyclic) bond motifs is 1. The normalized spacial score (nSPS) is 10.6. The Bertz CT molecular complexity index is 787. The number of anilines is 3. The summed E-state index contributed by atoms with van der Waals surface area (Å²) in [4.78, 5) is 15.6. The van der Waals surface area contributed by atoms with Crippen molar-refractivity contribution in [2.75, 3.05) is 24.8 Å². The molecule has 0 bridgehead atoms. The van der Waals surface area contributed by atoms with E-state index in [-0.39, 0.29) is 5.75 Å². The van der Waals surface area contributed by atoms with Gasteiger partial charge in [0.05, 0.1) is 13.4 Å². The number of imidazole rings is 1. The molecule has 3 aromatic rings. The zero-order chi connectivity index (χ0) is 14.8. The largest absolute Gasteiger partial charge is 0.494 e. The monoisotopic (exact) mass is 288 g/mol. The van der Waals surface area contributed by atoms with Crippen molar-refractivity contribution in [1.29, 1.82) is 0 Å². The van der Waals surface area contributed by atoms with Crippen LogP contribution in [0.4, 0.5) is 21.8 Å². The van der Waals surface area contributed by atoms with E-state index in [4.69, 9.17) is 4.74 Å². The van der Waals surface area contributed by atoms with Crippen molar-refractivity contribution >= 4 is 28.6 Å². The van der Waals surface area contributed by atoms with Gasteiger partial charge in [0.25, 0.3) is 0 Å². The van der Waals surface area contributed by atoms with Crippen LogP contribution < -0.4 is 15.4 Å². The predicted molar refractivity (Wildman–Crippen MR) is 77.5 cm³/mol. The van der Waals surface area contributed by atoms with E-state index in [1.165, 1.54) is 19.5 Å². The second kappa shape index (κ2) is 5.23. The number of halogens is 1. The minimum Gasteiger partial charge on any atom is -0.494 e. The number of ether oxygens (including phenoxy) is 1. The lowest BCUT2D eigenvalue weighted by Crippen LogP contribution is -2.02. The van der Waals surface area contributed by atoms with Crippen molar-refractivity contribution in [3.8, 4) is 5.75 Å². The van der Waals surface area contributed by atoms with Gasteiger partial charge < -0.3 is 20.4 Å². The van der Waals surface area contributed by atoms with E-state index in [0.717, 1.165) is 0 Å². The SMILES string of the molecule is CNc1nc(Nc2ccc(F)c(OC)c2)c2[nH]cnc2n1. The Morgan fingerprint density at radius 1 is 1.29 bits per heavy atom. The summed E-state index contributed by atoms with van der Waals surface area (Å²) in [6.45, 7) is 0. The third kappa shape index (κ3) is 2.42. The maximum Gasteiger partial charge on any atom is 0.226 e. The van der Waals surface area contributed by atoms with Gasteiger partial charge in [0.2, 0.25) is 5.95 Å². The third-order valence-corrected chi connectivity index (χ3v) is 2.92. The molecule has 8 heteroatoms. The van der Waals surface area contributed by atoms with Gasteiger partial charge in [0.15, 0.2) is 23.0 Å². The highest BCUT2D eigenvalue weighted by molar-refractivity contribution is 5.86. The van der Waals surface area contributed by atoms with Crippen molar-refractivity contribution in [2.45, 2.75) is 0 Å². The lowest BCUT2D eigenvalue weighted by atomic mass is 10.3. The summed E-state index contributed by atoms with van der Waals surface area (Å²) in [7, 11) is 3.14. The topological polar surface area (TPSA) is 87.8 Å². The fourth-order valence-electron chi connectivity index (χ4n) is 1.91. The van der Waals surface area contributed by atoms with Crippen molar-refractivity contribution in [3.05, 3.63) is 30.3 Å². The molecule has 0 fully saturated rings. The van der Waals surface area contributed by atoms with Crippen LogP contribution in [0.3, 0.4) is 0 Å². The molecule has 108 valence electrons. The first-order chi connectivity index (χ1) is 10.2. The molecule has 3 rings (SSSR count). The first-order valence-corrected chi connectivity index (χ1v) is 6.20.